The number of hydrogen-bond acceptors (Lipinski definition) is 4. The van der Waals surface area contributed by atoms with Crippen LogP contribution in [0, 0.1) is 0 Å². The second kappa shape index (κ2) is 7.91. The van der Waals surface area contributed by atoms with Gasteiger partial charge in [-0.25, -0.2) is 4.79 Å². The average molecular weight is 446 g/mol. The third-order valence-corrected chi connectivity index (χ3v) is 5.01. The predicted octanol–water partition coefficient (Wildman–Crippen LogP) is 6.64. The maximum absolute atomic E-state index is 13.1. The number of halogens is 3. The molecule has 0 bridgehead atoms. The Morgan fingerprint density at radius 1 is 0.862 bits per heavy atom. The van der Waals surface area contributed by atoms with Gasteiger partial charge in [-0.1, -0.05) is 46.9 Å². The van der Waals surface area contributed by atoms with Crippen molar-refractivity contribution < 1.29 is 13.9 Å². The molecule has 0 saturated heterocycles. The highest BCUT2D eigenvalue weighted by molar-refractivity contribution is 6.36. The molecule has 0 radical (unpaired) electrons. The van der Waals surface area contributed by atoms with Gasteiger partial charge in [-0.2, -0.15) is 0 Å². The lowest BCUT2D eigenvalue weighted by atomic mass is 10.1. The molecule has 0 spiro atoms. The summed E-state index contributed by atoms with van der Waals surface area (Å²) in [6.45, 7) is 0. The van der Waals surface area contributed by atoms with E-state index >= 15 is 0 Å². The average Bonchev–Trinajstić information content (AvgIpc) is 2.70. The molecule has 1 aromatic heterocycles. The van der Waals surface area contributed by atoms with Crippen molar-refractivity contribution in [3.63, 3.8) is 0 Å². The highest BCUT2D eigenvalue weighted by atomic mass is 35.5. The number of carbonyl (C=O) groups excluding carboxylic acids is 1. The number of benzene rings is 3. The van der Waals surface area contributed by atoms with Gasteiger partial charge in [0.1, 0.15) is 5.58 Å². The van der Waals surface area contributed by atoms with Crippen LogP contribution in [-0.2, 0) is 0 Å². The monoisotopic (exact) mass is 444 g/mol. The van der Waals surface area contributed by atoms with Gasteiger partial charge in [0.05, 0.1) is 16.0 Å². The summed E-state index contributed by atoms with van der Waals surface area (Å²) in [5.41, 5.74) is 0.495. The first-order valence-corrected chi connectivity index (χ1v) is 9.56. The minimum Gasteiger partial charge on any atom is -0.452 e. The number of carbonyl (C=O) groups is 1. The normalized spacial score (nSPS) is 10.9. The third kappa shape index (κ3) is 3.87. The molecule has 0 atom stereocenters. The molecular weight excluding hydrogens is 435 g/mol. The maximum Gasteiger partial charge on any atom is 0.345 e. The van der Waals surface area contributed by atoms with E-state index in [1.54, 1.807) is 48.5 Å². The lowest BCUT2D eigenvalue weighted by Gasteiger charge is -2.11. The lowest BCUT2D eigenvalue weighted by molar-refractivity contribution is 0.0731. The molecule has 1 heterocycles. The van der Waals surface area contributed by atoms with Crippen LogP contribution >= 0.6 is 34.8 Å². The van der Waals surface area contributed by atoms with Crippen molar-refractivity contribution in [2.75, 3.05) is 0 Å². The van der Waals surface area contributed by atoms with E-state index in [0.29, 0.717) is 21.2 Å². The van der Waals surface area contributed by atoms with Crippen molar-refractivity contribution in [2.24, 2.45) is 0 Å². The quantitative estimate of drug-likeness (QED) is 0.332. The van der Waals surface area contributed by atoms with E-state index in [0.717, 1.165) is 0 Å². The van der Waals surface area contributed by atoms with Gasteiger partial charge >= 0.3 is 5.97 Å². The number of para-hydroxylation sites is 1. The van der Waals surface area contributed by atoms with Gasteiger partial charge in [0, 0.05) is 15.6 Å². The van der Waals surface area contributed by atoms with Crippen LogP contribution in [0.1, 0.15) is 10.4 Å². The Morgan fingerprint density at radius 2 is 1.55 bits per heavy atom. The zero-order valence-electron chi connectivity index (χ0n) is 14.6. The van der Waals surface area contributed by atoms with E-state index in [4.69, 9.17) is 44.0 Å². The summed E-state index contributed by atoms with van der Waals surface area (Å²) in [5.74, 6) is -0.921. The van der Waals surface area contributed by atoms with E-state index < -0.39 is 11.4 Å². The highest BCUT2D eigenvalue weighted by Gasteiger charge is 2.22. The van der Waals surface area contributed by atoms with Crippen molar-refractivity contribution in [3.05, 3.63) is 97.6 Å². The molecule has 0 fully saturated rings. The fourth-order valence-electron chi connectivity index (χ4n) is 2.81. The molecule has 144 valence electrons. The summed E-state index contributed by atoms with van der Waals surface area (Å²) < 4.78 is 11.4. The van der Waals surface area contributed by atoms with Gasteiger partial charge in [-0.05, 0) is 54.6 Å². The van der Waals surface area contributed by atoms with Crippen LogP contribution in [0.3, 0.4) is 0 Å². The first kappa shape index (κ1) is 19.5. The Hall–Kier alpha value is -2.79. The molecule has 0 saturated carbocycles. The number of esters is 1. The minimum absolute atomic E-state index is 0.0747. The Bertz CT molecular complexity index is 1290. The largest absolute Gasteiger partial charge is 0.452 e. The van der Waals surface area contributed by atoms with Gasteiger partial charge in [-0.3, -0.25) is 4.79 Å². The van der Waals surface area contributed by atoms with Crippen LogP contribution in [0.2, 0.25) is 15.1 Å². The van der Waals surface area contributed by atoms with Gasteiger partial charge in [0.15, 0.2) is 5.76 Å². The van der Waals surface area contributed by atoms with Crippen LogP contribution in [-0.4, -0.2) is 5.97 Å². The second-order valence-corrected chi connectivity index (χ2v) is 7.39. The molecule has 0 N–H and O–H groups in total. The summed E-state index contributed by atoms with van der Waals surface area (Å²) in [6.07, 6.45) is 0. The van der Waals surface area contributed by atoms with Gasteiger partial charge in [0.25, 0.3) is 0 Å². The SMILES string of the molecule is O=C(Oc1c(-c2ccc(Cl)cc2)oc2ccccc2c1=O)c1ccc(Cl)cc1Cl. The van der Waals surface area contributed by atoms with Crippen molar-refractivity contribution in [1.82, 2.24) is 0 Å². The number of hydrogen-bond donors (Lipinski definition) is 0. The fourth-order valence-corrected chi connectivity index (χ4v) is 3.42. The molecule has 0 aliphatic heterocycles. The van der Waals surface area contributed by atoms with Gasteiger partial charge in [-0.15, -0.1) is 0 Å². The molecule has 7 heteroatoms. The maximum atomic E-state index is 13.1. The van der Waals surface area contributed by atoms with Gasteiger partial charge in [0.2, 0.25) is 11.2 Å². The van der Waals surface area contributed by atoms with Gasteiger partial charge < -0.3 is 9.15 Å². The highest BCUT2D eigenvalue weighted by Crippen LogP contribution is 2.32. The third-order valence-electron chi connectivity index (χ3n) is 4.21. The summed E-state index contributed by atoms with van der Waals surface area (Å²) in [5, 5.41) is 1.29. The minimum atomic E-state index is -0.801. The molecule has 0 amide bonds. The van der Waals surface area contributed by atoms with Crippen molar-refractivity contribution in [3.8, 4) is 17.1 Å². The Morgan fingerprint density at radius 3 is 2.28 bits per heavy atom. The Balaban J connectivity index is 1.88. The summed E-state index contributed by atoms with van der Waals surface area (Å²) >= 11 is 17.9. The molecule has 0 aliphatic rings. The molecule has 0 unspecified atom stereocenters. The van der Waals surface area contributed by atoms with Crippen LogP contribution in [0.15, 0.2) is 75.9 Å². The van der Waals surface area contributed by atoms with Crippen molar-refractivity contribution >= 4 is 51.7 Å². The molecule has 4 aromatic rings. The van der Waals surface area contributed by atoms with Crippen molar-refractivity contribution in [1.29, 1.82) is 0 Å². The number of rotatable bonds is 3. The van der Waals surface area contributed by atoms with Crippen LogP contribution in [0.4, 0.5) is 0 Å². The Kier molecular flexibility index (Phi) is 5.33. The first-order valence-electron chi connectivity index (χ1n) is 8.43. The first-order chi connectivity index (χ1) is 13.9. The van der Waals surface area contributed by atoms with Crippen LogP contribution in [0.5, 0.6) is 5.75 Å². The zero-order chi connectivity index (χ0) is 20.5. The lowest BCUT2D eigenvalue weighted by Crippen LogP contribution is -2.16. The molecule has 29 heavy (non-hydrogen) atoms. The standard InChI is InChI=1S/C22H11Cl3O4/c23-13-7-5-12(6-8-13)20-21(19(26)16-3-1-2-4-18(16)28-20)29-22(27)15-10-9-14(24)11-17(15)25/h1-11H. The molecule has 0 aliphatic carbocycles. The van der Waals surface area contributed by atoms with E-state index in [-0.39, 0.29) is 27.5 Å². The fraction of sp³-hybridized carbons (Fsp3) is 0. The topological polar surface area (TPSA) is 56.5 Å². The zero-order valence-corrected chi connectivity index (χ0v) is 16.9. The van der Waals surface area contributed by atoms with Crippen LogP contribution in [0.25, 0.3) is 22.3 Å². The Labute approximate surface area is 180 Å². The number of fused-ring (bicyclic) bond motifs is 1. The molecular formula is C22H11Cl3O4. The second-order valence-electron chi connectivity index (χ2n) is 6.11. The predicted molar refractivity (Wildman–Crippen MR) is 114 cm³/mol. The smallest absolute Gasteiger partial charge is 0.345 e. The van der Waals surface area contributed by atoms with E-state index in [2.05, 4.69) is 0 Å². The molecule has 3 aromatic carbocycles. The summed E-state index contributed by atoms with van der Waals surface area (Å²) in [7, 11) is 0. The van der Waals surface area contributed by atoms with Crippen molar-refractivity contribution in [2.45, 2.75) is 0 Å². The van der Waals surface area contributed by atoms with Crippen LogP contribution < -0.4 is 10.2 Å². The van der Waals surface area contributed by atoms with E-state index in [1.807, 2.05) is 0 Å². The molecule has 4 nitrogen and oxygen atoms in total. The summed E-state index contributed by atoms with van der Waals surface area (Å²) in [6, 6.07) is 17.7. The summed E-state index contributed by atoms with van der Waals surface area (Å²) in [4.78, 5) is 25.8. The van der Waals surface area contributed by atoms with E-state index in [1.165, 1.54) is 18.2 Å². The number of ether oxygens (including phenoxy) is 1. The molecule has 4 rings (SSSR count). The van der Waals surface area contributed by atoms with E-state index in [9.17, 15) is 9.59 Å².